The minimum Gasteiger partial charge on any atom is -0.450 e. The predicted molar refractivity (Wildman–Crippen MR) is 75.3 cm³/mol. The molecule has 0 atom stereocenters. The van der Waals surface area contributed by atoms with Crippen molar-refractivity contribution in [2.24, 2.45) is 0 Å². The average molecular weight is 316 g/mol. The van der Waals surface area contributed by atoms with Crippen LogP contribution in [0.5, 0.6) is 0 Å². The Balaban J connectivity index is 2.02. The summed E-state index contributed by atoms with van der Waals surface area (Å²) in [6.07, 6.45) is 1.59. The van der Waals surface area contributed by atoms with Crippen LogP contribution in [0.25, 0.3) is 0 Å². The van der Waals surface area contributed by atoms with Crippen molar-refractivity contribution in [2.75, 3.05) is 32.8 Å². The molecule has 1 aliphatic rings. The van der Waals surface area contributed by atoms with Gasteiger partial charge in [-0.05, 0) is 6.92 Å². The first-order valence-electron chi connectivity index (χ1n) is 6.94. The van der Waals surface area contributed by atoms with Crippen molar-refractivity contribution in [3.63, 3.8) is 0 Å². The molecule has 0 saturated carbocycles. The Bertz CT molecular complexity index is 590. The van der Waals surface area contributed by atoms with Gasteiger partial charge in [0.1, 0.15) is 5.82 Å². The van der Waals surface area contributed by atoms with Crippen molar-refractivity contribution in [3.05, 3.63) is 12.0 Å². The molecule has 0 bridgehead atoms. The lowest BCUT2D eigenvalue weighted by Gasteiger charge is -2.32. The van der Waals surface area contributed by atoms with E-state index in [1.807, 2.05) is 6.92 Å². The second-order valence-electron chi connectivity index (χ2n) is 4.64. The number of imidazole rings is 1. The van der Waals surface area contributed by atoms with Gasteiger partial charge in [0.2, 0.25) is 0 Å². The van der Waals surface area contributed by atoms with Gasteiger partial charge in [-0.2, -0.15) is 4.31 Å². The fourth-order valence-electron chi connectivity index (χ4n) is 2.12. The molecule has 0 aromatic carbocycles. The highest BCUT2D eigenvalue weighted by Crippen LogP contribution is 2.16. The largest absolute Gasteiger partial charge is 0.450 e. The van der Waals surface area contributed by atoms with Gasteiger partial charge in [-0.15, -0.1) is 0 Å². The maximum Gasteiger partial charge on any atom is 0.409 e. The summed E-state index contributed by atoms with van der Waals surface area (Å²) < 4.78 is 31.1. The quantitative estimate of drug-likeness (QED) is 0.869. The standard InChI is InChI=1S/C12H20N4O4S/c1-3-10-13-9-11(14-10)21(18,19)16-7-5-15(6-8-16)12(17)20-4-2/h9H,3-8H2,1-2H3,(H,13,14). The van der Waals surface area contributed by atoms with Crippen LogP contribution in [0.2, 0.25) is 0 Å². The van der Waals surface area contributed by atoms with Crippen LogP contribution >= 0.6 is 0 Å². The number of carbonyl (C=O) groups is 1. The van der Waals surface area contributed by atoms with E-state index in [1.54, 1.807) is 6.92 Å². The molecular weight excluding hydrogens is 296 g/mol. The van der Waals surface area contributed by atoms with E-state index >= 15 is 0 Å². The number of rotatable bonds is 4. The first-order valence-corrected chi connectivity index (χ1v) is 8.38. The van der Waals surface area contributed by atoms with Gasteiger partial charge in [-0.25, -0.2) is 18.2 Å². The van der Waals surface area contributed by atoms with Crippen molar-refractivity contribution < 1.29 is 17.9 Å². The maximum atomic E-state index is 12.4. The summed E-state index contributed by atoms with van der Waals surface area (Å²) in [7, 11) is -3.58. The number of piperazine rings is 1. The molecule has 1 amide bonds. The van der Waals surface area contributed by atoms with Crippen molar-refractivity contribution in [1.82, 2.24) is 19.2 Å². The number of hydrogen-bond acceptors (Lipinski definition) is 5. The summed E-state index contributed by atoms with van der Waals surface area (Å²) in [6, 6.07) is 0. The van der Waals surface area contributed by atoms with E-state index in [0.717, 1.165) is 0 Å². The van der Waals surface area contributed by atoms with E-state index in [4.69, 9.17) is 4.74 Å². The van der Waals surface area contributed by atoms with Crippen LogP contribution in [0.1, 0.15) is 19.7 Å². The van der Waals surface area contributed by atoms with Crippen molar-refractivity contribution in [3.8, 4) is 0 Å². The van der Waals surface area contributed by atoms with Crippen LogP contribution in [0.15, 0.2) is 11.2 Å². The number of aromatic nitrogens is 2. The summed E-state index contributed by atoms with van der Waals surface area (Å²) in [5.41, 5.74) is 0. The molecule has 0 spiro atoms. The highest BCUT2D eigenvalue weighted by molar-refractivity contribution is 7.89. The molecule has 8 nitrogen and oxygen atoms in total. The molecule has 118 valence electrons. The predicted octanol–water partition coefficient (Wildman–Crippen LogP) is 0.435. The molecule has 0 aliphatic carbocycles. The van der Waals surface area contributed by atoms with Crippen molar-refractivity contribution in [2.45, 2.75) is 25.3 Å². The van der Waals surface area contributed by atoms with Crippen LogP contribution in [-0.2, 0) is 21.2 Å². The molecule has 9 heteroatoms. The Labute approximate surface area is 124 Å². The zero-order chi connectivity index (χ0) is 15.5. The Morgan fingerprint density at radius 3 is 2.52 bits per heavy atom. The van der Waals surface area contributed by atoms with Gasteiger partial charge in [0.05, 0.1) is 12.8 Å². The lowest BCUT2D eigenvalue weighted by molar-refractivity contribution is 0.0934. The van der Waals surface area contributed by atoms with Crippen molar-refractivity contribution in [1.29, 1.82) is 0 Å². The monoisotopic (exact) mass is 316 g/mol. The van der Waals surface area contributed by atoms with Gasteiger partial charge in [0.15, 0.2) is 5.03 Å². The third-order valence-corrected chi connectivity index (χ3v) is 5.13. The summed E-state index contributed by atoms with van der Waals surface area (Å²) in [6.45, 7) is 5.10. The SMILES string of the molecule is CCOC(=O)N1CCN(S(=O)(=O)c2cnc(CC)[nH]2)CC1. The van der Waals surface area contributed by atoms with Crippen molar-refractivity contribution >= 4 is 16.1 Å². The van der Waals surface area contributed by atoms with Crippen LogP contribution < -0.4 is 0 Å². The molecule has 1 N–H and O–H groups in total. The second-order valence-corrected chi connectivity index (χ2v) is 6.54. The van der Waals surface area contributed by atoms with Gasteiger partial charge in [0, 0.05) is 32.6 Å². The van der Waals surface area contributed by atoms with E-state index in [1.165, 1.54) is 15.4 Å². The van der Waals surface area contributed by atoms with Crippen LogP contribution in [0.4, 0.5) is 4.79 Å². The molecule has 0 radical (unpaired) electrons. The first kappa shape index (κ1) is 15.8. The minimum atomic E-state index is -3.58. The minimum absolute atomic E-state index is 0.101. The summed E-state index contributed by atoms with van der Waals surface area (Å²) in [5, 5.41) is 0.101. The Kier molecular flexibility index (Phi) is 4.84. The number of aryl methyl sites for hydroxylation is 1. The Morgan fingerprint density at radius 2 is 2.00 bits per heavy atom. The van der Waals surface area contributed by atoms with E-state index in [2.05, 4.69) is 9.97 Å². The Hall–Kier alpha value is -1.61. The number of nitrogens with one attached hydrogen (secondary N) is 1. The molecule has 21 heavy (non-hydrogen) atoms. The van der Waals surface area contributed by atoms with E-state index in [-0.39, 0.29) is 18.1 Å². The Morgan fingerprint density at radius 1 is 1.33 bits per heavy atom. The molecule has 1 aromatic rings. The zero-order valence-electron chi connectivity index (χ0n) is 12.2. The fraction of sp³-hybridized carbons (Fsp3) is 0.667. The second kappa shape index (κ2) is 6.44. The molecule has 2 rings (SSSR count). The molecule has 1 fully saturated rings. The lowest BCUT2D eigenvalue weighted by atomic mass is 10.4. The van der Waals surface area contributed by atoms with Gasteiger partial charge in [-0.1, -0.05) is 6.92 Å². The molecular formula is C12H20N4O4S. The maximum absolute atomic E-state index is 12.4. The smallest absolute Gasteiger partial charge is 0.409 e. The summed E-state index contributed by atoms with van der Waals surface area (Å²) in [4.78, 5) is 19.9. The van der Waals surface area contributed by atoms with E-state index in [0.29, 0.717) is 31.9 Å². The lowest BCUT2D eigenvalue weighted by Crippen LogP contribution is -2.50. The summed E-state index contributed by atoms with van der Waals surface area (Å²) in [5.74, 6) is 0.638. The number of aromatic amines is 1. The fourth-order valence-corrected chi connectivity index (χ4v) is 3.47. The number of hydrogen-bond donors (Lipinski definition) is 1. The van der Waals surface area contributed by atoms with Crippen LogP contribution in [0, 0.1) is 0 Å². The third-order valence-electron chi connectivity index (χ3n) is 3.32. The highest BCUT2D eigenvalue weighted by Gasteiger charge is 2.31. The third kappa shape index (κ3) is 3.35. The number of amides is 1. The number of ether oxygens (including phenoxy) is 1. The van der Waals surface area contributed by atoms with Crippen LogP contribution in [-0.4, -0.2) is 66.5 Å². The molecule has 1 aliphatic heterocycles. The van der Waals surface area contributed by atoms with E-state index < -0.39 is 16.1 Å². The van der Waals surface area contributed by atoms with Gasteiger partial charge < -0.3 is 14.6 Å². The van der Waals surface area contributed by atoms with Gasteiger partial charge >= 0.3 is 6.09 Å². The van der Waals surface area contributed by atoms with Gasteiger partial charge in [-0.3, -0.25) is 0 Å². The number of H-pyrrole nitrogens is 1. The van der Waals surface area contributed by atoms with E-state index in [9.17, 15) is 13.2 Å². The molecule has 1 aromatic heterocycles. The molecule has 0 unspecified atom stereocenters. The first-order chi connectivity index (χ1) is 9.98. The topological polar surface area (TPSA) is 95.6 Å². The summed E-state index contributed by atoms with van der Waals surface area (Å²) >= 11 is 0. The van der Waals surface area contributed by atoms with Crippen LogP contribution in [0.3, 0.4) is 0 Å². The highest BCUT2D eigenvalue weighted by atomic mass is 32.2. The molecule has 1 saturated heterocycles. The number of nitrogens with zero attached hydrogens (tertiary/aromatic N) is 3. The number of carbonyl (C=O) groups excluding carboxylic acids is 1. The molecule has 2 heterocycles. The zero-order valence-corrected chi connectivity index (χ0v) is 13.0. The normalized spacial score (nSPS) is 17.0. The van der Waals surface area contributed by atoms with Gasteiger partial charge in [0.25, 0.3) is 10.0 Å². The number of sulfonamides is 1. The average Bonchev–Trinajstić information content (AvgIpc) is 2.97.